The fourth-order valence-electron chi connectivity index (χ4n) is 2.13. The van der Waals surface area contributed by atoms with Gasteiger partial charge in [-0.25, -0.2) is 0 Å². The monoisotopic (exact) mass is 288 g/mol. The Labute approximate surface area is 126 Å². The quantitative estimate of drug-likeness (QED) is 0.791. The number of carbonyl (C=O) groups excluding carboxylic acids is 1. The van der Waals surface area contributed by atoms with E-state index in [1.807, 2.05) is 31.2 Å². The zero-order valence-electron chi connectivity index (χ0n) is 12.8. The first-order valence-electron chi connectivity index (χ1n) is 7.62. The van der Waals surface area contributed by atoms with E-state index in [4.69, 9.17) is 4.74 Å². The summed E-state index contributed by atoms with van der Waals surface area (Å²) in [6, 6.07) is 7.32. The summed E-state index contributed by atoms with van der Waals surface area (Å²) in [6.45, 7) is 6.64. The number of rotatable bonds is 6. The minimum absolute atomic E-state index is 0.0375. The summed E-state index contributed by atoms with van der Waals surface area (Å²) in [6.07, 6.45) is 4.30. The van der Waals surface area contributed by atoms with Gasteiger partial charge in [0.15, 0.2) is 0 Å². The van der Waals surface area contributed by atoms with Crippen LogP contribution in [0.1, 0.15) is 37.0 Å². The average molecular weight is 288 g/mol. The molecule has 4 heteroatoms. The summed E-state index contributed by atoms with van der Waals surface area (Å²) in [5.74, 6) is 0.770. The zero-order chi connectivity index (χ0) is 15.1. The first-order valence-corrected chi connectivity index (χ1v) is 7.62. The largest absolute Gasteiger partial charge is 0.491 e. The molecule has 0 aliphatic carbocycles. The van der Waals surface area contributed by atoms with Crippen molar-refractivity contribution in [1.29, 1.82) is 0 Å². The predicted octanol–water partition coefficient (Wildman–Crippen LogP) is 2.51. The molecule has 0 bridgehead atoms. The van der Waals surface area contributed by atoms with Crippen LogP contribution in [0.3, 0.4) is 0 Å². The molecular weight excluding hydrogens is 264 g/mol. The predicted molar refractivity (Wildman–Crippen MR) is 84.7 cm³/mol. The van der Waals surface area contributed by atoms with Gasteiger partial charge in [-0.3, -0.25) is 4.79 Å². The SMILES string of the molecule is CCC(C)Oc1ccc(C(=O)NCC2=CCNCC2)cc1. The summed E-state index contributed by atoms with van der Waals surface area (Å²) in [4.78, 5) is 12.1. The molecule has 1 aliphatic heterocycles. The van der Waals surface area contributed by atoms with E-state index in [0.29, 0.717) is 12.1 Å². The van der Waals surface area contributed by atoms with E-state index in [1.54, 1.807) is 0 Å². The molecule has 4 nitrogen and oxygen atoms in total. The van der Waals surface area contributed by atoms with Gasteiger partial charge in [-0.15, -0.1) is 0 Å². The summed E-state index contributed by atoms with van der Waals surface area (Å²) < 4.78 is 5.71. The molecule has 1 aliphatic rings. The maximum absolute atomic E-state index is 12.1. The third-order valence-corrected chi connectivity index (χ3v) is 3.66. The lowest BCUT2D eigenvalue weighted by molar-refractivity contribution is 0.0956. The second kappa shape index (κ2) is 7.84. The molecule has 2 rings (SSSR count). The van der Waals surface area contributed by atoms with Crippen LogP contribution in [0, 0.1) is 0 Å². The third kappa shape index (κ3) is 4.90. The van der Waals surface area contributed by atoms with Crippen molar-refractivity contribution in [3.8, 4) is 5.75 Å². The van der Waals surface area contributed by atoms with Gasteiger partial charge in [0.2, 0.25) is 0 Å². The van der Waals surface area contributed by atoms with Crippen molar-refractivity contribution < 1.29 is 9.53 Å². The Morgan fingerprint density at radius 3 is 2.76 bits per heavy atom. The molecule has 21 heavy (non-hydrogen) atoms. The Hall–Kier alpha value is -1.81. The van der Waals surface area contributed by atoms with Crippen LogP contribution in [0.15, 0.2) is 35.9 Å². The van der Waals surface area contributed by atoms with Crippen LogP contribution in [0.5, 0.6) is 5.75 Å². The molecule has 1 heterocycles. The minimum Gasteiger partial charge on any atom is -0.491 e. The number of amides is 1. The molecule has 0 radical (unpaired) electrons. The van der Waals surface area contributed by atoms with Crippen molar-refractivity contribution in [2.75, 3.05) is 19.6 Å². The van der Waals surface area contributed by atoms with Gasteiger partial charge >= 0.3 is 0 Å². The zero-order valence-corrected chi connectivity index (χ0v) is 12.8. The van der Waals surface area contributed by atoms with Crippen LogP contribution >= 0.6 is 0 Å². The number of hydrogen-bond acceptors (Lipinski definition) is 3. The molecule has 114 valence electrons. The Balaban J connectivity index is 1.86. The molecule has 1 atom stereocenters. The standard InChI is InChI=1S/C17H24N2O2/c1-3-13(2)21-16-6-4-15(5-7-16)17(20)19-12-14-8-10-18-11-9-14/h4-8,13,18H,3,9-12H2,1-2H3,(H,19,20). The van der Waals surface area contributed by atoms with Crippen LogP contribution < -0.4 is 15.4 Å². The van der Waals surface area contributed by atoms with Gasteiger partial charge in [-0.1, -0.05) is 18.6 Å². The minimum atomic E-state index is -0.0375. The molecule has 2 N–H and O–H groups in total. The van der Waals surface area contributed by atoms with E-state index >= 15 is 0 Å². The Morgan fingerprint density at radius 1 is 1.38 bits per heavy atom. The maximum atomic E-state index is 12.1. The first-order chi connectivity index (χ1) is 10.2. The van der Waals surface area contributed by atoms with Crippen LogP contribution in [-0.4, -0.2) is 31.6 Å². The van der Waals surface area contributed by atoms with E-state index in [-0.39, 0.29) is 12.0 Å². The lowest BCUT2D eigenvalue weighted by Gasteiger charge is -2.15. The molecule has 1 aromatic rings. The second-order valence-electron chi connectivity index (χ2n) is 5.36. The lowest BCUT2D eigenvalue weighted by atomic mass is 10.1. The third-order valence-electron chi connectivity index (χ3n) is 3.66. The number of benzene rings is 1. The van der Waals surface area contributed by atoms with Crippen LogP contribution in [-0.2, 0) is 0 Å². The van der Waals surface area contributed by atoms with E-state index in [1.165, 1.54) is 5.57 Å². The summed E-state index contributed by atoms with van der Waals surface area (Å²) in [5.41, 5.74) is 1.96. The molecule has 0 saturated carbocycles. The van der Waals surface area contributed by atoms with Gasteiger partial charge in [-0.05, 0) is 50.6 Å². The first kappa shape index (κ1) is 15.6. The molecule has 1 unspecified atom stereocenters. The van der Waals surface area contributed by atoms with Gasteiger partial charge in [-0.2, -0.15) is 0 Å². The van der Waals surface area contributed by atoms with Crippen molar-refractivity contribution in [1.82, 2.24) is 10.6 Å². The fraction of sp³-hybridized carbons (Fsp3) is 0.471. The molecule has 1 aromatic carbocycles. The Kier molecular flexibility index (Phi) is 5.81. The highest BCUT2D eigenvalue weighted by Gasteiger charge is 2.08. The fourth-order valence-corrected chi connectivity index (χ4v) is 2.13. The van der Waals surface area contributed by atoms with E-state index in [9.17, 15) is 4.79 Å². The second-order valence-corrected chi connectivity index (χ2v) is 5.36. The average Bonchev–Trinajstić information content (AvgIpc) is 2.54. The number of ether oxygens (including phenoxy) is 1. The van der Waals surface area contributed by atoms with Crippen molar-refractivity contribution in [3.05, 3.63) is 41.5 Å². The van der Waals surface area contributed by atoms with Gasteiger partial charge in [0, 0.05) is 18.7 Å². The van der Waals surface area contributed by atoms with E-state index < -0.39 is 0 Å². The van der Waals surface area contributed by atoms with Crippen LogP contribution in [0.25, 0.3) is 0 Å². The highest BCUT2D eigenvalue weighted by molar-refractivity contribution is 5.94. The van der Waals surface area contributed by atoms with Crippen molar-refractivity contribution in [3.63, 3.8) is 0 Å². The number of carbonyl (C=O) groups is 1. The van der Waals surface area contributed by atoms with E-state index in [2.05, 4.69) is 23.6 Å². The van der Waals surface area contributed by atoms with E-state index in [0.717, 1.165) is 31.7 Å². The number of nitrogens with one attached hydrogen (secondary N) is 2. The highest BCUT2D eigenvalue weighted by atomic mass is 16.5. The normalized spacial score (nSPS) is 16.0. The van der Waals surface area contributed by atoms with Gasteiger partial charge in [0.05, 0.1) is 6.10 Å². The van der Waals surface area contributed by atoms with Crippen molar-refractivity contribution in [2.45, 2.75) is 32.8 Å². The molecule has 1 amide bonds. The lowest BCUT2D eigenvalue weighted by Crippen LogP contribution is -2.29. The Morgan fingerprint density at radius 2 is 2.14 bits per heavy atom. The molecule has 0 fully saturated rings. The summed E-state index contributed by atoms with van der Waals surface area (Å²) in [5, 5.41) is 6.22. The smallest absolute Gasteiger partial charge is 0.251 e. The summed E-state index contributed by atoms with van der Waals surface area (Å²) >= 11 is 0. The van der Waals surface area contributed by atoms with Gasteiger partial charge < -0.3 is 15.4 Å². The summed E-state index contributed by atoms with van der Waals surface area (Å²) in [7, 11) is 0. The van der Waals surface area contributed by atoms with Crippen LogP contribution in [0.2, 0.25) is 0 Å². The molecule has 0 aromatic heterocycles. The Bertz CT molecular complexity index is 494. The van der Waals surface area contributed by atoms with Crippen molar-refractivity contribution >= 4 is 5.91 Å². The number of hydrogen-bond donors (Lipinski definition) is 2. The molecule has 0 saturated heterocycles. The van der Waals surface area contributed by atoms with Gasteiger partial charge in [0.25, 0.3) is 5.91 Å². The van der Waals surface area contributed by atoms with Gasteiger partial charge in [0.1, 0.15) is 5.75 Å². The molecule has 0 spiro atoms. The molecular formula is C17H24N2O2. The highest BCUT2D eigenvalue weighted by Crippen LogP contribution is 2.15. The van der Waals surface area contributed by atoms with Crippen LogP contribution in [0.4, 0.5) is 0 Å². The topological polar surface area (TPSA) is 50.4 Å². The maximum Gasteiger partial charge on any atom is 0.251 e. The van der Waals surface area contributed by atoms with Crippen molar-refractivity contribution in [2.24, 2.45) is 0 Å².